The molecule has 23 heavy (non-hydrogen) atoms. The predicted octanol–water partition coefficient (Wildman–Crippen LogP) is 3.81. The van der Waals surface area contributed by atoms with Gasteiger partial charge in [0.2, 0.25) is 5.91 Å². The van der Waals surface area contributed by atoms with Crippen LogP contribution in [0.15, 0.2) is 24.3 Å². The zero-order valence-electron chi connectivity index (χ0n) is 13.7. The van der Waals surface area contributed by atoms with Crippen molar-refractivity contribution in [2.75, 3.05) is 25.0 Å². The number of piperidine rings is 1. The van der Waals surface area contributed by atoms with Gasteiger partial charge in [-0.2, -0.15) is 0 Å². The molecule has 4 rings (SSSR count). The van der Waals surface area contributed by atoms with Crippen molar-refractivity contribution in [3.63, 3.8) is 0 Å². The van der Waals surface area contributed by atoms with Crippen molar-refractivity contribution in [1.29, 1.82) is 0 Å². The minimum absolute atomic E-state index is 0.364. The molecular weight excluding hydrogens is 308 g/mol. The van der Waals surface area contributed by atoms with Crippen LogP contribution in [0.2, 0.25) is 5.02 Å². The summed E-state index contributed by atoms with van der Waals surface area (Å²) in [6.07, 6.45) is 6.02. The lowest BCUT2D eigenvalue weighted by atomic mass is 10.0. The topological polar surface area (TPSA) is 23.6 Å². The molecule has 1 saturated heterocycles. The van der Waals surface area contributed by atoms with E-state index in [9.17, 15) is 4.79 Å². The summed E-state index contributed by atoms with van der Waals surface area (Å²) in [5.74, 6) is 2.23. The molecule has 0 N–H and O–H groups in total. The largest absolute Gasteiger partial charge is 0.371 e. The maximum Gasteiger partial charge on any atom is 0.226 e. The number of nitrogens with zero attached hydrogens (tertiary/aromatic N) is 2. The summed E-state index contributed by atoms with van der Waals surface area (Å²) < 4.78 is 0. The molecule has 2 atom stereocenters. The minimum atomic E-state index is 0.364. The van der Waals surface area contributed by atoms with E-state index in [0.29, 0.717) is 17.9 Å². The first kappa shape index (κ1) is 15.3. The lowest BCUT2D eigenvalue weighted by molar-refractivity contribution is -0.134. The molecule has 0 radical (unpaired) electrons. The van der Waals surface area contributed by atoms with Gasteiger partial charge in [-0.1, -0.05) is 18.0 Å². The number of fused-ring (bicyclic) bond motifs is 1. The Morgan fingerprint density at radius 2 is 1.70 bits per heavy atom. The summed E-state index contributed by atoms with van der Waals surface area (Å²) in [6.45, 7) is 2.03. The number of hydrogen-bond acceptors (Lipinski definition) is 2. The van der Waals surface area contributed by atoms with Crippen LogP contribution in [0.25, 0.3) is 0 Å². The molecule has 0 aromatic heterocycles. The third kappa shape index (κ3) is 2.84. The maximum absolute atomic E-state index is 12.7. The second-order valence-corrected chi connectivity index (χ2v) is 7.86. The first-order chi connectivity index (χ1) is 11.1. The zero-order valence-corrected chi connectivity index (χ0v) is 14.5. The van der Waals surface area contributed by atoms with E-state index in [1.165, 1.54) is 24.9 Å². The monoisotopic (exact) mass is 332 g/mol. The van der Waals surface area contributed by atoms with Gasteiger partial charge in [-0.05, 0) is 61.8 Å². The number of rotatable bonds is 3. The molecule has 1 heterocycles. The molecule has 0 unspecified atom stereocenters. The zero-order chi connectivity index (χ0) is 16.0. The van der Waals surface area contributed by atoms with Crippen LogP contribution < -0.4 is 4.90 Å². The van der Waals surface area contributed by atoms with Crippen molar-refractivity contribution < 1.29 is 4.79 Å². The molecule has 3 nitrogen and oxygen atoms in total. The van der Waals surface area contributed by atoms with Gasteiger partial charge < -0.3 is 9.80 Å². The van der Waals surface area contributed by atoms with Crippen LogP contribution in [0.5, 0.6) is 0 Å². The van der Waals surface area contributed by atoms with Crippen molar-refractivity contribution in [3.05, 3.63) is 29.3 Å². The molecule has 1 aromatic rings. The SMILES string of the molecule is CN(C(=O)C1[C@@H]2CCC[C@@H]12)C1CCN(c2ccc(Cl)cc2)CC1. The number of carbonyl (C=O) groups is 1. The molecule has 0 bridgehead atoms. The summed E-state index contributed by atoms with van der Waals surface area (Å²) >= 11 is 5.96. The van der Waals surface area contributed by atoms with Gasteiger partial charge in [0.25, 0.3) is 0 Å². The Morgan fingerprint density at radius 1 is 1.09 bits per heavy atom. The van der Waals surface area contributed by atoms with Crippen LogP contribution in [0.3, 0.4) is 0 Å². The first-order valence-electron chi connectivity index (χ1n) is 8.92. The molecule has 3 fully saturated rings. The standard InChI is InChI=1S/C19H25ClN2O/c1-21(19(23)18-16-3-2-4-17(16)18)14-9-11-22(12-10-14)15-7-5-13(20)6-8-15/h5-8,14,16-18H,2-4,9-12H2,1H3/t16-,17-/m1/s1. The molecule has 1 aromatic carbocycles. The lowest BCUT2D eigenvalue weighted by Crippen LogP contribution is -2.46. The van der Waals surface area contributed by atoms with Crippen LogP contribution in [0, 0.1) is 17.8 Å². The molecule has 1 amide bonds. The van der Waals surface area contributed by atoms with Crippen molar-refractivity contribution in [3.8, 4) is 0 Å². The number of amides is 1. The summed E-state index contributed by atoms with van der Waals surface area (Å²) in [5, 5.41) is 0.781. The summed E-state index contributed by atoms with van der Waals surface area (Å²) in [5.41, 5.74) is 1.23. The van der Waals surface area contributed by atoms with Crippen molar-refractivity contribution in [2.45, 2.75) is 38.1 Å². The van der Waals surface area contributed by atoms with E-state index in [1.807, 2.05) is 19.2 Å². The van der Waals surface area contributed by atoms with Crippen LogP contribution in [0.4, 0.5) is 5.69 Å². The van der Waals surface area contributed by atoms with Crippen LogP contribution in [-0.2, 0) is 4.79 Å². The highest BCUT2D eigenvalue weighted by Gasteiger charge is 2.57. The second kappa shape index (κ2) is 6.01. The highest BCUT2D eigenvalue weighted by atomic mass is 35.5. The van der Waals surface area contributed by atoms with E-state index in [1.54, 1.807) is 0 Å². The Morgan fingerprint density at radius 3 is 2.30 bits per heavy atom. The molecule has 2 aliphatic carbocycles. The van der Waals surface area contributed by atoms with Gasteiger partial charge in [0.15, 0.2) is 0 Å². The van der Waals surface area contributed by atoms with Gasteiger partial charge in [0.05, 0.1) is 0 Å². The average molecular weight is 333 g/mol. The summed E-state index contributed by atoms with van der Waals surface area (Å²) in [7, 11) is 2.03. The Bertz CT molecular complexity index is 570. The molecule has 4 heteroatoms. The Labute approximate surface area is 143 Å². The van der Waals surface area contributed by atoms with Crippen molar-refractivity contribution in [2.24, 2.45) is 17.8 Å². The van der Waals surface area contributed by atoms with Crippen molar-refractivity contribution >= 4 is 23.2 Å². The van der Waals surface area contributed by atoms with Gasteiger partial charge in [-0.3, -0.25) is 4.79 Å². The van der Waals surface area contributed by atoms with E-state index in [4.69, 9.17) is 11.6 Å². The second-order valence-electron chi connectivity index (χ2n) is 7.43. The third-order valence-corrected chi connectivity index (χ3v) is 6.50. The molecule has 0 spiro atoms. The van der Waals surface area contributed by atoms with E-state index in [0.717, 1.165) is 42.8 Å². The van der Waals surface area contributed by atoms with E-state index >= 15 is 0 Å². The van der Waals surface area contributed by atoms with Crippen LogP contribution in [0.1, 0.15) is 32.1 Å². The van der Waals surface area contributed by atoms with Crippen LogP contribution in [-0.4, -0.2) is 37.0 Å². The van der Waals surface area contributed by atoms with E-state index in [2.05, 4.69) is 21.9 Å². The predicted molar refractivity (Wildman–Crippen MR) is 93.8 cm³/mol. The summed E-state index contributed by atoms with van der Waals surface area (Å²) in [4.78, 5) is 17.2. The quantitative estimate of drug-likeness (QED) is 0.840. The Kier molecular flexibility index (Phi) is 4.00. The van der Waals surface area contributed by atoms with E-state index < -0.39 is 0 Å². The lowest BCUT2D eigenvalue weighted by Gasteiger charge is -2.38. The fraction of sp³-hybridized carbons (Fsp3) is 0.632. The number of carbonyl (C=O) groups excluding carboxylic acids is 1. The van der Waals surface area contributed by atoms with Crippen molar-refractivity contribution in [1.82, 2.24) is 4.90 Å². The smallest absolute Gasteiger partial charge is 0.226 e. The molecule has 1 aliphatic heterocycles. The van der Waals surface area contributed by atoms with Gasteiger partial charge in [0, 0.05) is 42.8 Å². The average Bonchev–Trinajstić information content (AvgIpc) is 3.06. The molecule has 2 saturated carbocycles. The number of anilines is 1. The number of halogens is 1. The highest BCUT2D eigenvalue weighted by molar-refractivity contribution is 6.30. The number of benzene rings is 1. The minimum Gasteiger partial charge on any atom is -0.371 e. The normalized spacial score (nSPS) is 30.2. The fourth-order valence-electron chi connectivity index (χ4n) is 4.77. The maximum atomic E-state index is 12.7. The molecule has 124 valence electrons. The van der Waals surface area contributed by atoms with Gasteiger partial charge in [-0.15, -0.1) is 0 Å². The first-order valence-corrected chi connectivity index (χ1v) is 9.30. The summed E-state index contributed by atoms with van der Waals surface area (Å²) in [6, 6.07) is 8.48. The fourth-order valence-corrected chi connectivity index (χ4v) is 4.89. The Balaban J connectivity index is 1.32. The van der Waals surface area contributed by atoms with Gasteiger partial charge >= 0.3 is 0 Å². The highest BCUT2D eigenvalue weighted by Crippen LogP contribution is 2.58. The van der Waals surface area contributed by atoms with Crippen LogP contribution >= 0.6 is 11.6 Å². The third-order valence-electron chi connectivity index (χ3n) is 6.24. The van der Waals surface area contributed by atoms with E-state index in [-0.39, 0.29) is 0 Å². The molecular formula is C19H25ClN2O. The van der Waals surface area contributed by atoms with Gasteiger partial charge in [-0.25, -0.2) is 0 Å². The Hall–Kier alpha value is -1.22. The van der Waals surface area contributed by atoms with Gasteiger partial charge in [0.1, 0.15) is 0 Å². The number of hydrogen-bond donors (Lipinski definition) is 0. The molecule has 3 aliphatic rings.